The van der Waals surface area contributed by atoms with Gasteiger partial charge in [0.1, 0.15) is 12.0 Å². The highest BCUT2D eigenvalue weighted by atomic mass is 16.5. The fraction of sp³-hybridized carbons (Fsp3) is 0.263. The zero-order valence-electron chi connectivity index (χ0n) is 13.4. The fourth-order valence-corrected chi connectivity index (χ4v) is 2.72. The first-order valence-electron chi connectivity index (χ1n) is 8.07. The average Bonchev–Trinajstić information content (AvgIpc) is 3.16. The summed E-state index contributed by atoms with van der Waals surface area (Å²) in [4.78, 5) is 24.9. The number of benzene rings is 2. The molecule has 24 heavy (non-hydrogen) atoms. The predicted octanol–water partition coefficient (Wildman–Crippen LogP) is 3.12. The lowest BCUT2D eigenvalue weighted by Gasteiger charge is -2.17. The fourth-order valence-electron chi connectivity index (χ4n) is 2.72. The third-order valence-electron chi connectivity index (χ3n) is 4.01. The van der Waals surface area contributed by atoms with Crippen LogP contribution in [0.15, 0.2) is 48.5 Å². The minimum Gasteiger partial charge on any atom is -0.484 e. The van der Waals surface area contributed by atoms with Gasteiger partial charge in [-0.2, -0.15) is 0 Å². The van der Waals surface area contributed by atoms with Crippen LogP contribution in [0.25, 0.3) is 0 Å². The summed E-state index contributed by atoms with van der Waals surface area (Å²) in [5.74, 6) is 0.337. The van der Waals surface area contributed by atoms with Crippen molar-refractivity contribution in [1.29, 1.82) is 0 Å². The molecule has 2 aromatic carbocycles. The SMILES string of the molecule is O=Cc1ccc(OCC(=O)Nc2ccc(N3CCCC3)cc2)cc1. The van der Waals surface area contributed by atoms with Crippen LogP contribution >= 0.6 is 0 Å². The van der Waals surface area contributed by atoms with Crippen molar-refractivity contribution in [2.24, 2.45) is 0 Å². The van der Waals surface area contributed by atoms with Gasteiger partial charge in [-0.15, -0.1) is 0 Å². The molecule has 1 heterocycles. The first-order valence-corrected chi connectivity index (χ1v) is 8.07. The Bertz CT molecular complexity index is 690. The quantitative estimate of drug-likeness (QED) is 0.830. The molecule has 0 unspecified atom stereocenters. The number of hydrogen-bond donors (Lipinski definition) is 1. The molecule has 0 bridgehead atoms. The van der Waals surface area contributed by atoms with Crippen LogP contribution in [0.1, 0.15) is 23.2 Å². The summed E-state index contributed by atoms with van der Waals surface area (Å²) in [5.41, 5.74) is 2.52. The van der Waals surface area contributed by atoms with Crippen LogP contribution in [0.3, 0.4) is 0 Å². The van der Waals surface area contributed by atoms with Gasteiger partial charge in [-0.05, 0) is 61.4 Å². The molecule has 0 atom stereocenters. The van der Waals surface area contributed by atoms with Crippen LogP contribution in [-0.2, 0) is 4.79 Å². The van der Waals surface area contributed by atoms with Crippen molar-refractivity contribution in [3.8, 4) is 5.75 Å². The Hall–Kier alpha value is -2.82. The van der Waals surface area contributed by atoms with E-state index in [1.807, 2.05) is 24.3 Å². The van der Waals surface area contributed by atoms with E-state index in [1.54, 1.807) is 24.3 Å². The smallest absolute Gasteiger partial charge is 0.262 e. The van der Waals surface area contributed by atoms with Gasteiger partial charge in [0.25, 0.3) is 5.91 Å². The Morgan fingerprint density at radius 1 is 1.04 bits per heavy atom. The van der Waals surface area contributed by atoms with Crippen molar-refractivity contribution < 1.29 is 14.3 Å². The standard InChI is InChI=1S/C19H20N2O3/c22-13-15-3-9-18(10-4-15)24-14-19(23)20-16-5-7-17(8-6-16)21-11-1-2-12-21/h3-10,13H,1-2,11-12,14H2,(H,20,23). The van der Waals surface area contributed by atoms with Crippen molar-refractivity contribution >= 4 is 23.6 Å². The second kappa shape index (κ2) is 7.64. The molecule has 0 saturated carbocycles. The van der Waals surface area contributed by atoms with Gasteiger partial charge in [-0.3, -0.25) is 9.59 Å². The molecule has 0 aromatic heterocycles. The Labute approximate surface area is 141 Å². The van der Waals surface area contributed by atoms with Gasteiger partial charge in [0.05, 0.1) is 0 Å². The van der Waals surface area contributed by atoms with Gasteiger partial charge in [0.2, 0.25) is 0 Å². The van der Waals surface area contributed by atoms with Crippen LogP contribution in [0.5, 0.6) is 5.75 Å². The lowest BCUT2D eigenvalue weighted by Crippen LogP contribution is -2.20. The van der Waals surface area contributed by atoms with Gasteiger partial charge in [0.15, 0.2) is 6.61 Å². The molecule has 1 aliphatic heterocycles. The van der Waals surface area contributed by atoms with E-state index in [2.05, 4.69) is 10.2 Å². The van der Waals surface area contributed by atoms with Crippen molar-refractivity contribution in [2.75, 3.05) is 29.9 Å². The number of carbonyl (C=O) groups is 2. The molecule has 3 rings (SSSR count). The van der Waals surface area contributed by atoms with Crippen LogP contribution in [0.4, 0.5) is 11.4 Å². The molecular formula is C19H20N2O3. The molecule has 5 heteroatoms. The largest absolute Gasteiger partial charge is 0.484 e. The molecule has 1 N–H and O–H groups in total. The molecule has 1 fully saturated rings. The normalized spacial score (nSPS) is 13.6. The van der Waals surface area contributed by atoms with Crippen LogP contribution in [0.2, 0.25) is 0 Å². The minimum absolute atomic E-state index is 0.0751. The van der Waals surface area contributed by atoms with Crippen LogP contribution < -0.4 is 15.0 Å². The number of carbonyl (C=O) groups excluding carboxylic acids is 2. The van der Waals surface area contributed by atoms with Gasteiger partial charge in [-0.25, -0.2) is 0 Å². The number of nitrogens with one attached hydrogen (secondary N) is 1. The number of nitrogens with zero attached hydrogens (tertiary/aromatic N) is 1. The van der Waals surface area contributed by atoms with Crippen molar-refractivity contribution in [1.82, 2.24) is 0 Å². The van der Waals surface area contributed by atoms with Gasteiger partial charge in [0, 0.05) is 30.0 Å². The maximum Gasteiger partial charge on any atom is 0.262 e. The topological polar surface area (TPSA) is 58.6 Å². The van der Waals surface area contributed by atoms with E-state index in [9.17, 15) is 9.59 Å². The predicted molar refractivity (Wildman–Crippen MR) is 93.8 cm³/mol. The molecule has 2 aromatic rings. The molecule has 124 valence electrons. The first-order chi connectivity index (χ1) is 11.7. The summed E-state index contributed by atoms with van der Waals surface area (Å²) in [6.07, 6.45) is 3.25. The number of aldehydes is 1. The monoisotopic (exact) mass is 324 g/mol. The Morgan fingerprint density at radius 2 is 1.71 bits per heavy atom. The van der Waals surface area contributed by atoms with E-state index in [4.69, 9.17) is 4.74 Å². The highest BCUT2D eigenvalue weighted by molar-refractivity contribution is 5.92. The number of rotatable bonds is 6. The molecule has 0 radical (unpaired) electrons. The van der Waals surface area contributed by atoms with E-state index in [-0.39, 0.29) is 12.5 Å². The van der Waals surface area contributed by atoms with E-state index in [1.165, 1.54) is 18.5 Å². The lowest BCUT2D eigenvalue weighted by molar-refractivity contribution is -0.118. The van der Waals surface area contributed by atoms with Crippen molar-refractivity contribution in [2.45, 2.75) is 12.8 Å². The molecule has 1 amide bonds. The van der Waals surface area contributed by atoms with Gasteiger partial charge >= 0.3 is 0 Å². The minimum atomic E-state index is -0.219. The number of hydrogen-bond acceptors (Lipinski definition) is 4. The zero-order chi connectivity index (χ0) is 16.8. The molecule has 1 aliphatic rings. The third-order valence-corrected chi connectivity index (χ3v) is 4.01. The summed E-state index contributed by atoms with van der Waals surface area (Å²) in [6.45, 7) is 2.12. The van der Waals surface area contributed by atoms with Gasteiger partial charge < -0.3 is 15.0 Å². The average molecular weight is 324 g/mol. The van der Waals surface area contributed by atoms with Crippen LogP contribution in [-0.4, -0.2) is 31.9 Å². The van der Waals surface area contributed by atoms with E-state index >= 15 is 0 Å². The summed E-state index contributed by atoms with van der Waals surface area (Å²) in [7, 11) is 0. The Balaban J connectivity index is 1.49. The van der Waals surface area contributed by atoms with E-state index in [0.29, 0.717) is 11.3 Å². The second-order valence-electron chi connectivity index (χ2n) is 5.76. The number of ether oxygens (including phenoxy) is 1. The Kier molecular flexibility index (Phi) is 5.11. The zero-order valence-corrected chi connectivity index (χ0v) is 13.4. The number of anilines is 2. The molecular weight excluding hydrogens is 304 g/mol. The second-order valence-corrected chi connectivity index (χ2v) is 5.76. The molecule has 0 spiro atoms. The van der Waals surface area contributed by atoms with Crippen LogP contribution in [0, 0.1) is 0 Å². The van der Waals surface area contributed by atoms with Crippen molar-refractivity contribution in [3.63, 3.8) is 0 Å². The summed E-state index contributed by atoms with van der Waals surface area (Å²) in [5, 5.41) is 2.81. The van der Waals surface area contributed by atoms with Crippen molar-refractivity contribution in [3.05, 3.63) is 54.1 Å². The third kappa shape index (κ3) is 4.13. The summed E-state index contributed by atoms with van der Waals surface area (Å²) in [6, 6.07) is 14.5. The molecule has 0 aliphatic carbocycles. The number of amides is 1. The van der Waals surface area contributed by atoms with Gasteiger partial charge in [-0.1, -0.05) is 0 Å². The molecule has 1 saturated heterocycles. The summed E-state index contributed by atoms with van der Waals surface area (Å²) >= 11 is 0. The highest BCUT2D eigenvalue weighted by Gasteiger charge is 2.12. The summed E-state index contributed by atoms with van der Waals surface area (Å²) < 4.78 is 5.41. The lowest BCUT2D eigenvalue weighted by atomic mass is 10.2. The Morgan fingerprint density at radius 3 is 2.33 bits per heavy atom. The highest BCUT2D eigenvalue weighted by Crippen LogP contribution is 2.22. The first kappa shape index (κ1) is 16.1. The molecule has 5 nitrogen and oxygen atoms in total. The maximum absolute atomic E-state index is 11.9. The van der Waals surface area contributed by atoms with E-state index in [0.717, 1.165) is 25.1 Å². The maximum atomic E-state index is 11.9. The van der Waals surface area contributed by atoms with E-state index < -0.39 is 0 Å².